The Bertz CT molecular complexity index is 269. The molecule has 19 heavy (non-hydrogen) atoms. The van der Waals surface area contributed by atoms with Crippen LogP contribution in [-0.2, 0) is 4.79 Å². The Morgan fingerprint density at radius 3 is 2.26 bits per heavy atom. The topological polar surface area (TPSA) is 43.8 Å². The van der Waals surface area contributed by atoms with E-state index in [2.05, 4.69) is 9.80 Å². The van der Waals surface area contributed by atoms with Crippen LogP contribution in [-0.4, -0.2) is 60.1 Å². The zero-order chi connectivity index (χ0) is 13.5. The molecule has 0 aromatic rings. The van der Waals surface area contributed by atoms with Gasteiger partial charge in [0.1, 0.15) is 0 Å². The largest absolute Gasteiger partial charge is 0.481 e. The zero-order valence-corrected chi connectivity index (χ0v) is 12.0. The van der Waals surface area contributed by atoms with E-state index in [1.807, 2.05) is 0 Å². The van der Waals surface area contributed by atoms with Crippen LogP contribution in [0.5, 0.6) is 0 Å². The molecule has 2 fully saturated rings. The van der Waals surface area contributed by atoms with Gasteiger partial charge in [0, 0.05) is 6.54 Å². The lowest BCUT2D eigenvalue weighted by Gasteiger charge is -2.31. The molecular formula is C15H28N2O2. The fourth-order valence-corrected chi connectivity index (χ4v) is 3.36. The van der Waals surface area contributed by atoms with Crippen LogP contribution in [0.2, 0.25) is 0 Å². The van der Waals surface area contributed by atoms with Crippen LogP contribution >= 0.6 is 0 Å². The molecule has 1 N–H and O–H groups in total. The lowest BCUT2D eigenvalue weighted by molar-refractivity contribution is -0.137. The highest BCUT2D eigenvalue weighted by atomic mass is 16.4. The Hall–Kier alpha value is -0.610. The molecule has 4 heteroatoms. The van der Waals surface area contributed by atoms with E-state index in [-0.39, 0.29) is 0 Å². The first-order valence-electron chi connectivity index (χ1n) is 7.90. The molecule has 0 radical (unpaired) electrons. The average Bonchev–Trinajstić information content (AvgIpc) is 2.91. The van der Waals surface area contributed by atoms with Crippen molar-refractivity contribution >= 4 is 5.97 Å². The molecule has 0 bridgehead atoms. The number of likely N-dealkylation sites (tertiary alicyclic amines) is 2. The second-order valence-electron chi connectivity index (χ2n) is 6.12. The van der Waals surface area contributed by atoms with Crippen molar-refractivity contribution in [1.82, 2.24) is 9.80 Å². The predicted molar refractivity (Wildman–Crippen MR) is 76.3 cm³/mol. The maximum absolute atomic E-state index is 10.5. The first-order valence-corrected chi connectivity index (χ1v) is 7.90. The minimum absolute atomic E-state index is 0.291. The van der Waals surface area contributed by atoms with Gasteiger partial charge in [0.25, 0.3) is 0 Å². The summed E-state index contributed by atoms with van der Waals surface area (Å²) in [5.74, 6) is 0.205. The summed E-state index contributed by atoms with van der Waals surface area (Å²) in [6.45, 7) is 6.85. The minimum atomic E-state index is -0.673. The van der Waals surface area contributed by atoms with Crippen LogP contribution in [0.15, 0.2) is 0 Å². The second kappa shape index (κ2) is 7.85. The first kappa shape index (κ1) is 14.8. The van der Waals surface area contributed by atoms with Crippen molar-refractivity contribution in [2.24, 2.45) is 5.92 Å². The summed E-state index contributed by atoms with van der Waals surface area (Å²) in [7, 11) is 0. The van der Waals surface area contributed by atoms with Gasteiger partial charge in [-0.05, 0) is 77.2 Å². The molecule has 0 aromatic heterocycles. The van der Waals surface area contributed by atoms with Gasteiger partial charge in [0.2, 0.25) is 0 Å². The maximum atomic E-state index is 10.5. The number of carboxylic acids is 1. The van der Waals surface area contributed by atoms with E-state index in [0.29, 0.717) is 6.42 Å². The summed E-state index contributed by atoms with van der Waals surface area (Å²) >= 11 is 0. The monoisotopic (exact) mass is 268 g/mol. The highest BCUT2D eigenvalue weighted by molar-refractivity contribution is 5.66. The van der Waals surface area contributed by atoms with Gasteiger partial charge in [-0.25, -0.2) is 0 Å². The number of aliphatic carboxylic acids is 1. The van der Waals surface area contributed by atoms with Crippen molar-refractivity contribution < 1.29 is 9.90 Å². The molecule has 0 amide bonds. The minimum Gasteiger partial charge on any atom is -0.481 e. The fourth-order valence-electron chi connectivity index (χ4n) is 3.36. The third-order valence-electron chi connectivity index (χ3n) is 4.63. The molecule has 2 aliphatic rings. The van der Waals surface area contributed by atoms with Crippen LogP contribution < -0.4 is 0 Å². The lowest BCUT2D eigenvalue weighted by atomic mass is 9.92. The van der Waals surface area contributed by atoms with Crippen LogP contribution in [0.4, 0.5) is 0 Å². The van der Waals surface area contributed by atoms with Gasteiger partial charge < -0.3 is 14.9 Å². The molecule has 0 unspecified atom stereocenters. The Balaban J connectivity index is 1.52. The smallest absolute Gasteiger partial charge is 0.304 e. The van der Waals surface area contributed by atoms with Crippen LogP contribution in [0.3, 0.4) is 0 Å². The van der Waals surface area contributed by atoms with Crippen molar-refractivity contribution in [1.29, 1.82) is 0 Å². The van der Waals surface area contributed by atoms with Crippen molar-refractivity contribution in [2.45, 2.75) is 44.9 Å². The fraction of sp³-hybridized carbons (Fsp3) is 0.933. The summed E-state index contributed by atoms with van der Waals surface area (Å²) in [6.07, 6.45) is 8.31. The van der Waals surface area contributed by atoms with E-state index in [0.717, 1.165) is 25.6 Å². The number of hydrogen-bond donors (Lipinski definition) is 1. The van der Waals surface area contributed by atoms with Crippen molar-refractivity contribution in [2.75, 3.05) is 39.3 Å². The van der Waals surface area contributed by atoms with E-state index in [9.17, 15) is 4.79 Å². The predicted octanol–water partition coefficient (Wildman–Crippen LogP) is 2.05. The number of rotatable bonds is 7. The van der Waals surface area contributed by atoms with E-state index in [1.165, 1.54) is 58.2 Å². The quantitative estimate of drug-likeness (QED) is 0.767. The highest BCUT2D eigenvalue weighted by Gasteiger charge is 2.19. The van der Waals surface area contributed by atoms with Gasteiger partial charge in [0.05, 0.1) is 6.42 Å². The molecule has 2 heterocycles. The third kappa shape index (κ3) is 5.49. The third-order valence-corrected chi connectivity index (χ3v) is 4.63. The number of carbonyl (C=O) groups is 1. The molecule has 0 aliphatic carbocycles. The molecule has 0 atom stereocenters. The molecule has 0 saturated carbocycles. The molecule has 0 aromatic carbocycles. The van der Waals surface area contributed by atoms with Crippen molar-refractivity contribution in [3.63, 3.8) is 0 Å². The van der Waals surface area contributed by atoms with Gasteiger partial charge in [0.15, 0.2) is 0 Å². The molecule has 2 saturated heterocycles. The zero-order valence-electron chi connectivity index (χ0n) is 12.0. The highest BCUT2D eigenvalue weighted by Crippen LogP contribution is 2.22. The van der Waals surface area contributed by atoms with Gasteiger partial charge in [-0.15, -0.1) is 0 Å². The Morgan fingerprint density at radius 1 is 1.00 bits per heavy atom. The number of carboxylic acid groups (broad SMARTS) is 1. The summed E-state index contributed by atoms with van der Waals surface area (Å²) in [6, 6.07) is 0. The second-order valence-corrected chi connectivity index (χ2v) is 6.12. The summed E-state index contributed by atoms with van der Waals surface area (Å²) < 4.78 is 0. The summed E-state index contributed by atoms with van der Waals surface area (Å²) in [5, 5.41) is 8.68. The number of hydrogen-bond acceptors (Lipinski definition) is 3. The Labute approximate surface area is 116 Å². The molecule has 2 rings (SSSR count). The first-order chi connectivity index (χ1) is 9.24. The normalized spacial score (nSPS) is 22.9. The van der Waals surface area contributed by atoms with Crippen LogP contribution in [0, 0.1) is 5.92 Å². The van der Waals surface area contributed by atoms with Crippen LogP contribution in [0.25, 0.3) is 0 Å². The SMILES string of the molecule is O=C(O)CCN1CCC(CCCN2CCCC2)CC1. The molecular weight excluding hydrogens is 240 g/mol. The van der Waals surface area contributed by atoms with Gasteiger partial charge in [-0.2, -0.15) is 0 Å². The van der Waals surface area contributed by atoms with Crippen molar-refractivity contribution in [3.05, 3.63) is 0 Å². The van der Waals surface area contributed by atoms with Crippen LogP contribution in [0.1, 0.15) is 44.9 Å². The molecule has 110 valence electrons. The Kier molecular flexibility index (Phi) is 6.11. The standard InChI is InChI=1S/C15H28N2O2/c18-15(19)7-13-17-11-5-14(6-12-17)4-3-10-16-8-1-2-9-16/h14H,1-13H2,(H,18,19). The van der Waals surface area contributed by atoms with E-state index in [1.54, 1.807) is 0 Å². The van der Waals surface area contributed by atoms with Gasteiger partial charge >= 0.3 is 5.97 Å². The van der Waals surface area contributed by atoms with Crippen molar-refractivity contribution in [3.8, 4) is 0 Å². The maximum Gasteiger partial charge on any atom is 0.304 e. The molecule has 0 spiro atoms. The summed E-state index contributed by atoms with van der Waals surface area (Å²) in [5.41, 5.74) is 0. The van der Waals surface area contributed by atoms with Gasteiger partial charge in [-0.1, -0.05) is 0 Å². The lowest BCUT2D eigenvalue weighted by Crippen LogP contribution is -2.35. The van der Waals surface area contributed by atoms with E-state index < -0.39 is 5.97 Å². The average molecular weight is 268 g/mol. The van der Waals surface area contributed by atoms with E-state index >= 15 is 0 Å². The summed E-state index contributed by atoms with van der Waals surface area (Å²) in [4.78, 5) is 15.5. The molecule has 2 aliphatic heterocycles. The van der Waals surface area contributed by atoms with E-state index in [4.69, 9.17) is 5.11 Å². The number of nitrogens with zero attached hydrogens (tertiary/aromatic N) is 2. The molecule has 4 nitrogen and oxygen atoms in total. The number of piperidine rings is 1. The Morgan fingerprint density at radius 2 is 1.63 bits per heavy atom. The van der Waals surface area contributed by atoms with Gasteiger partial charge in [-0.3, -0.25) is 4.79 Å².